The highest BCUT2D eigenvalue weighted by molar-refractivity contribution is 5.69. The van der Waals surface area contributed by atoms with E-state index < -0.39 is 5.60 Å². The van der Waals surface area contributed by atoms with E-state index in [0.29, 0.717) is 12.1 Å². The van der Waals surface area contributed by atoms with E-state index in [-0.39, 0.29) is 11.9 Å². The highest BCUT2D eigenvalue weighted by Crippen LogP contribution is 2.47. The van der Waals surface area contributed by atoms with Gasteiger partial charge in [-0.3, -0.25) is 4.99 Å². The summed E-state index contributed by atoms with van der Waals surface area (Å²) in [4.78, 5) is 7.87. The summed E-state index contributed by atoms with van der Waals surface area (Å²) in [5.74, 6) is -0.216. The van der Waals surface area contributed by atoms with Crippen LogP contribution in [0.15, 0.2) is 22.1 Å². The average molecular weight is 263 g/mol. The van der Waals surface area contributed by atoms with Crippen molar-refractivity contribution in [1.82, 2.24) is 0 Å². The van der Waals surface area contributed by atoms with Crippen molar-refractivity contribution in [3.05, 3.63) is 34.6 Å². The predicted octanol–water partition coefficient (Wildman–Crippen LogP) is 2.07. The van der Waals surface area contributed by atoms with Crippen LogP contribution in [0.2, 0.25) is 0 Å². The first-order chi connectivity index (χ1) is 9.01. The maximum absolute atomic E-state index is 13.8. The third-order valence-electron chi connectivity index (χ3n) is 3.51. The lowest BCUT2D eigenvalue weighted by molar-refractivity contribution is 0.303. The van der Waals surface area contributed by atoms with Crippen molar-refractivity contribution in [2.24, 2.45) is 15.7 Å². The van der Waals surface area contributed by atoms with Crippen molar-refractivity contribution in [1.29, 1.82) is 0 Å². The van der Waals surface area contributed by atoms with Crippen LogP contribution >= 0.6 is 0 Å². The van der Waals surface area contributed by atoms with Crippen LogP contribution in [0.25, 0.3) is 0 Å². The van der Waals surface area contributed by atoms with E-state index in [4.69, 9.17) is 10.5 Å². The molecule has 0 amide bonds. The van der Waals surface area contributed by atoms with E-state index in [1.54, 1.807) is 13.0 Å². The monoisotopic (exact) mass is 263 g/mol. The summed E-state index contributed by atoms with van der Waals surface area (Å²) in [5.41, 5.74) is 7.11. The van der Waals surface area contributed by atoms with E-state index in [1.165, 1.54) is 12.7 Å². The van der Waals surface area contributed by atoms with Gasteiger partial charge in [0, 0.05) is 0 Å². The molecule has 5 heteroatoms. The molecule has 1 aliphatic rings. The van der Waals surface area contributed by atoms with Crippen LogP contribution in [0.1, 0.15) is 23.6 Å². The number of hydrogen-bond donors (Lipinski definition) is 1. The molecular formula is C14H18FN3O. The number of hydrogen-bond acceptors (Lipinski definition) is 2. The molecule has 1 aromatic carbocycles. The van der Waals surface area contributed by atoms with Gasteiger partial charge in [-0.15, -0.1) is 0 Å². The van der Waals surface area contributed by atoms with E-state index in [2.05, 4.69) is 9.98 Å². The van der Waals surface area contributed by atoms with Crippen LogP contribution in [0, 0.1) is 19.7 Å². The molecule has 2 atom stereocenters. The number of halogens is 1. The maximum atomic E-state index is 13.8. The fourth-order valence-corrected chi connectivity index (χ4v) is 2.36. The van der Waals surface area contributed by atoms with Gasteiger partial charge in [0.1, 0.15) is 17.8 Å². The largest absolute Gasteiger partial charge is 0.390 e. The van der Waals surface area contributed by atoms with Gasteiger partial charge in [-0.25, -0.2) is 9.38 Å². The van der Waals surface area contributed by atoms with Gasteiger partial charge in [-0.05, 0) is 43.5 Å². The van der Waals surface area contributed by atoms with Gasteiger partial charge in [0.2, 0.25) is 0 Å². The first kappa shape index (κ1) is 13.7. The Hall–Kier alpha value is -1.75. The molecule has 2 unspecified atom stereocenters. The smallest absolute Gasteiger partial charge is 0.139 e. The lowest BCUT2D eigenvalue weighted by Gasteiger charge is -2.14. The summed E-state index contributed by atoms with van der Waals surface area (Å²) < 4.78 is 19.4. The molecule has 1 aliphatic heterocycles. The minimum absolute atomic E-state index is 0.0207. The third kappa shape index (κ3) is 2.51. The van der Waals surface area contributed by atoms with Crippen LogP contribution in [0.4, 0.5) is 4.39 Å². The molecule has 0 aromatic heterocycles. The third-order valence-corrected chi connectivity index (χ3v) is 3.51. The van der Waals surface area contributed by atoms with Crippen LogP contribution in [0.3, 0.4) is 0 Å². The molecule has 1 heterocycles. The van der Waals surface area contributed by atoms with Crippen LogP contribution in [-0.4, -0.2) is 25.3 Å². The molecular weight excluding hydrogens is 245 g/mol. The summed E-state index contributed by atoms with van der Waals surface area (Å²) in [5, 5.41) is 0. The zero-order valence-corrected chi connectivity index (χ0v) is 11.4. The number of rotatable bonds is 4. The van der Waals surface area contributed by atoms with Gasteiger partial charge in [-0.1, -0.05) is 6.07 Å². The van der Waals surface area contributed by atoms with Crippen molar-refractivity contribution in [3.8, 4) is 0 Å². The number of ether oxygens (including phenoxy) is 1. The van der Waals surface area contributed by atoms with Gasteiger partial charge < -0.3 is 10.5 Å². The number of aliphatic imine (C=N–C) groups is 2. The number of aryl methyl sites for hydroxylation is 2. The second-order valence-electron chi connectivity index (χ2n) is 4.82. The van der Waals surface area contributed by atoms with Gasteiger partial charge in [0.05, 0.1) is 19.0 Å². The molecule has 1 fully saturated rings. The lowest BCUT2D eigenvalue weighted by Crippen LogP contribution is -2.18. The fourth-order valence-electron chi connectivity index (χ4n) is 2.36. The van der Waals surface area contributed by atoms with Crippen molar-refractivity contribution in [2.75, 3.05) is 6.54 Å². The van der Waals surface area contributed by atoms with Gasteiger partial charge in [-0.2, -0.15) is 0 Å². The minimum Gasteiger partial charge on any atom is -0.390 e. The zero-order valence-electron chi connectivity index (χ0n) is 11.4. The number of nitrogens with two attached hydrogens (primary N) is 1. The molecule has 102 valence electrons. The summed E-state index contributed by atoms with van der Waals surface area (Å²) in [6.45, 7) is 6.08. The average Bonchev–Trinajstić information content (AvgIpc) is 3.01. The van der Waals surface area contributed by atoms with Crippen molar-refractivity contribution >= 4 is 12.7 Å². The summed E-state index contributed by atoms with van der Waals surface area (Å²) in [6, 6.07) is 3.39. The zero-order chi connectivity index (χ0) is 14.0. The quantitative estimate of drug-likeness (QED) is 0.513. The second-order valence-corrected chi connectivity index (χ2v) is 4.82. The van der Waals surface area contributed by atoms with Crippen molar-refractivity contribution in [2.45, 2.75) is 32.5 Å². The van der Waals surface area contributed by atoms with Crippen LogP contribution < -0.4 is 5.73 Å². The Morgan fingerprint density at radius 2 is 2.11 bits per heavy atom. The molecule has 1 aromatic rings. The van der Waals surface area contributed by atoms with E-state index in [0.717, 1.165) is 11.1 Å². The maximum Gasteiger partial charge on any atom is 0.139 e. The van der Waals surface area contributed by atoms with E-state index in [1.807, 2.05) is 19.9 Å². The standard InChI is InChI=1S/C14H18FN3O/c1-9-4-10(2)13(15)5-12(9)14(11(3)19-14)6-17-8-18-7-16/h4-5,7-8,11H,6H2,1-3H3,(H2,16,17,18). The van der Waals surface area contributed by atoms with Crippen molar-refractivity contribution in [3.63, 3.8) is 0 Å². The Morgan fingerprint density at radius 1 is 1.42 bits per heavy atom. The molecule has 2 rings (SSSR count). The Labute approximate surface area is 112 Å². The minimum atomic E-state index is -0.529. The summed E-state index contributed by atoms with van der Waals surface area (Å²) in [7, 11) is 0. The molecule has 0 spiro atoms. The Morgan fingerprint density at radius 3 is 2.68 bits per heavy atom. The molecule has 19 heavy (non-hydrogen) atoms. The second kappa shape index (κ2) is 5.09. The van der Waals surface area contributed by atoms with Gasteiger partial charge in [0.25, 0.3) is 0 Å². The van der Waals surface area contributed by atoms with Crippen LogP contribution in [0.5, 0.6) is 0 Å². The highest BCUT2D eigenvalue weighted by atomic mass is 19.1. The number of epoxide rings is 1. The topological polar surface area (TPSA) is 63.3 Å². The van der Waals surface area contributed by atoms with Gasteiger partial charge >= 0.3 is 0 Å². The first-order valence-corrected chi connectivity index (χ1v) is 6.18. The molecule has 0 bridgehead atoms. The molecule has 4 nitrogen and oxygen atoms in total. The fraction of sp³-hybridized carbons (Fsp3) is 0.429. The lowest BCUT2D eigenvalue weighted by atomic mass is 9.90. The van der Waals surface area contributed by atoms with E-state index >= 15 is 0 Å². The normalized spacial score (nSPS) is 26.4. The Balaban J connectivity index is 2.30. The number of benzene rings is 1. The van der Waals surface area contributed by atoms with Crippen molar-refractivity contribution < 1.29 is 9.13 Å². The molecule has 0 aliphatic carbocycles. The van der Waals surface area contributed by atoms with Crippen LogP contribution in [-0.2, 0) is 10.3 Å². The summed E-state index contributed by atoms with van der Waals surface area (Å²) in [6.07, 6.45) is 2.58. The van der Waals surface area contributed by atoms with E-state index in [9.17, 15) is 4.39 Å². The molecule has 2 N–H and O–H groups in total. The molecule has 0 radical (unpaired) electrons. The predicted molar refractivity (Wildman–Crippen MR) is 74.1 cm³/mol. The molecule has 1 saturated heterocycles. The Kier molecular flexibility index (Phi) is 3.66. The van der Waals surface area contributed by atoms with Gasteiger partial charge in [0.15, 0.2) is 0 Å². The highest BCUT2D eigenvalue weighted by Gasteiger charge is 2.55. The SMILES string of the molecule is Cc1cc(C)c(C2(CN=CN=CN)OC2C)cc1F. The summed E-state index contributed by atoms with van der Waals surface area (Å²) >= 11 is 0. The number of nitrogens with zero attached hydrogens (tertiary/aromatic N) is 2. The first-order valence-electron chi connectivity index (χ1n) is 6.18. The molecule has 0 saturated carbocycles. The Bertz CT molecular complexity index is 542.